The number of hydrogen-bond donors (Lipinski definition) is 4. The van der Waals surface area contributed by atoms with Crippen LogP contribution in [0.2, 0.25) is 0 Å². The molecular formula is C32H49N5O6S. The summed E-state index contributed by atoms with van der Waals surface area (Å²) < 4.78 is 0. The fourth-order valence-electron chi connectivity index (χ4n) is 7.04. The van der Waals surface area contributed by atoms with Crippen LogP contribution in [0.15, 0.2) is 0 Å². The van der Waals surface area contributed by atoms with Gasteiger partial charge < -0.3 is 26.6 Å². The Labute approximate surface area is 264 Å². The van der Waals surface area contributed by atoms with Crippen molar-refractivity contribution < 1.29 is 28.8 Å². The van der Waals surface area contributed by atoms with Crippen molar-refractivity contribution in [3.05, 3.63) is 0 Å². The average Bonchev–Trinajstić information content (AvgIpc) is 3.85. The summed E-state index contributed by atoms with van der Waals surface area (Å²) in [6.07, 6.45) is 7.73. The van der Waals surface area contributed by atoms with Crippen LogP contribution in [-0.4, -0.2) is 76.0 Å². The summed E-state index contributed by atoms with van der Waals surface area (Å²) in [5.74, 6) is -1.45. The molecule has 12 heteroatoms. The molecule has 244 valence electrons. The predicted octanol–water partition coefficient (Wildman–Crippen LogP) is 2.36. The number of Topliss-reactive ketones (excluding diaryl/α,β-unsaturated/α-hetero) is 2. The fraction of sp³-hybridized carbons (Fsp3) is 0.812. The van der Waals surface area contributed by atoms with E-state index in [1.165, 1.54) is 16.7 Å². The molecule has 5 amide bonds. The summed E-state index contributed by atoms with van der Waals surface area (Å²) in [5, 5.41) is 7.40. The average molecular weight is 632 g/mol. The van der Waals surface area contributed by atoms with E-state index in [0.717, 1.165) is 51.4 Å². The van der Waals surface area contributed by atoms with Crippen molar-refractivity contribution in [2.45, 2.75) is 109 Å². The van der Waals surface area contributed by atoms with E-state index in [4.69, 9.17) is 5.73 Å². The number of hydrogen-bond acceptors (Lipinski definition) is 7. The number of ketones is 2. The van der Waals surface area contributed by atoms with Crippen molar-refractivity contribution >= 4 is 47.1 Å². The van der Waals surface area contributed by atoms with Crippen LogP contribution >= 0.6 is 11.8 Å². The number of urea groups is 1. The fourth-order valence-corrected chi connectivity index (χ4v) is 8.22. The lowest BCUT2D eigenvalue weighted by molar-refractivity contribution is -0.144. The molecule has 0 spiro atoms. The minimum absolute atomic E-state index is 0.0111. The van der Waals surface area contributed by atoms with Crippen LogP contribution in [0.25, 0.3) is 0 Å². The number of fused-ring (bicyclic) bond motifs is 1. The van der Waals surface area contributed by atoms with Gasteiger partial charge in [0.25, 0.3) is 11.7 Å². The number of carbonyl (C=O) groups excluding carboxylic acids is 6. The Morgan fingerprint density at radius 2 is 1.61 bits per heavy atom. The third-order valence-electron chi connectivity index (χ3n) is 10.6. The molecule has 11 nitrogen and oxygen atoms in total. The first-order chi connectivity index (χ1) is 20.6. The summed E-state index contributed by atoms with van der Waals surface area (Å²) in [4.78, 5) is 80.4. The molecule has 5 fully saturated rings. The van der Waals surface area contributed by atoms with Gasteiger partial charge in [-0.15, -0.1) is 11.8 Å². The second-order valence-corrected chi connectivity index (χ2v) is 16.6. The Morgan fingerprint density at radius 3 is 2.14 bits per heavy atom. The molecule has 0 aromatic carbocycles. The summed E-state index contributed by atoms with van der Waals surface area (Å²) in [7, 11) is 0. The minimum Gasteiger partial charge on any atom is -0.363 e. The lowest BCUT2D eigenvalue weighted by atomic mass is 9.77. The number of nitrogens with one attached hydrogen (secondary N) is 3. The molecule has 4 aliphatic carbocycles. The smallest absolute Gasteiger partial charge is 0.316 e. The van der Waals surface area contributed by atoms with Crippen LogP contribution in [0, 0.1) is 40.4 Å². The van der Waals surface area contributed by atoms with Crippen LogP contribution < -0.4 is 21.7 Å². The maximum absolute atomic E-state index is 14.2. The monoisotopic (exact) mass is 631 g/mol. The van der Waals surface area contributed by atoms with Crippen molar-refractivity contribution in [2.75, 3.05) is 12.3 Å². The minimum atomic E-state index is -1.12. The van der Waals surface area contributed by atoms with Crippen molar-refractivity contribution in [3.8, 4) is 0 Å². The Hall–Kier alpha value is -2.63. The Bertz CT molecular complexity index is 1200. The number of likely N-dealkylation sites (tertiary alicyclic amines) is 1. The van der Waals surface area contributed by atoms with Gasteiger partial charge in [0.2, 0.25) is 11.8 Å². The topological polar surface area (TPSA) is 168 Å². The van der Waals surface area contributed by atoms with Gasteiger partial charge >= 0.3 is 6.03 Å². The summed E-state index contributed by atoms with van der Waals surface area (Å²) >= 11 is 1.20. The Morgan fingerprint density at radius 1 is 0.955 bits per heavy atom. The van der Waals surface area contributed by atoms with Crippen molar-refractivity contribution in [1.82, 2.24) is 20.9 Å². The zero-order valence-corrected chi connectivity index (χ0v) is 27.5. The molecular weight excluding hydrogens is 582 g/mol. The molecule has 0 radical (unpaired) electrons. The molecule has 5 rings (SSSR count). The largest absolute Gasteiger partial charge is 0.363 e. The maximum Gasteiger partial charge on any atom is 0.316 e. The second kappa shape index (κ2) is 12.3. The van der Waals surface area contributed by atoms with E-state index in [2.05, 4.69) is 29.8 Å². The quantitative estimate of drug-likeness (QED) is 0.169. The first-order valence-corrected chi connectivity index (χ1v) is 17.3. The van der Waals surface area contributed by atoms with E-state index < -0.39 is 52.5 Å². The molecule has 5 aliphatic rings. The van der Waals surface area contributed by atoms with Gasteiger partial charge in [-0.05, 0) is 72.4 Å². The zero-order chi connectivity index (χ0) is 32.1. The third kappa shape index (κ3) is 6.94. The highest BCUT2D eigenvalue weighted by molar-refractivity contribution is 8.00. The molecule has 0 aromatic heterocycles. The number of primary amides is 1. The number of thioether (sulfide) groups is 1. The normalized spacial score (nSPS) is 27.7. The van der Waals surface area contributed by atoms with Gasteiger partial charge in [-0.1, -0.05) is 53.9 Å². The molecule has 44 heavy (non-hydrogen) atoms. The van der Waals surface area contributed by atoms with Crippen LogP contribution in [0.1, 0.15) is 86.0 Å². The molecule has 1 heterocycles. The van der Waals surface area contributed by atoms with Gasteiger partial charge in [0.15, 0.2) is 5.78 Å². The number of carbonyl (C=O) groups is 6. The molecule has 2 unspecified atom stereocenters. The van der Waals surface area contributed by atoms with Gasteiger partial charge in [0, 0.05) is 12.5 Å². The standard InChI is InChI=1S/C32H49N5O6S/c1-31(2,3)25(35-30(43)34-21(17-7-6-8-17)23(38)18-11-12-18)29(42)37-15-19-20(32(19,4)5)22(37)27(41)36-28(24(39)26(33)40)44-14-13-16-9-10-16/h16-22,25,28H,6-15H2,1-5H3,(H2,33,40)(H,36,41)(H2,34,35,43)/t19-,20-,21-,22?,25+,28?/m0/s1. The van der Waals surface area contributed by atoms with Gasteiger partial charge in [-0.2, -0.15) is 0 Å². The van der Waals surface area contributed by atoms with Crippen LogP contribution in [0.4, 0.5) is 4.79 Å². The number of rotatable bonds is 14. The first kappa shape index (κ1) is 32.8. The van der Waals surface area contributed by atoms with Gasteiger partial charge in [-0.3, -0.25) is 24.0 Å². The number of amides is 5. The van der Waals surface area contributed by atoms with Gasteiger partial charge in [0.1, 0.15) is 17.5 Å². The highest BCUT2D eigenvalue weighted by Crippen LogP contribution is 2.65. The maximum atomic E-state index is 14.2. The van der Waals surface area contributed by atoms with Gasteiger partial charge in [0.05, 0.1) is 6.04 Å². The highest BCUT2D eigenvalue weighted by Gasteiger charge is 2.70. The molecule has 0 bridgehead atoms. The molecule has 1 saturated heterocycles. The van der Waals surface area contributed by atoms with E-state index >= 15 is 0 Å². The van der Waals surface area contributed by atoms with Crippen molar-refractivity contribution in [2.24, 2.45) is 46.2 Å². The zero-order valence-electron chi connectivity index (χ0n) is 26.6. The molecule has 4 saturated carbocycles. The van der Waals surface area contributed by atoms with E-state index in [1.54, 1.807) is 0 Å². The molecule has 0 aromatic rings. The van der Waals surface area contributed by atoms with E-state index in [-0.39, 0.29) is 40.8 Å². The highest BCUT2D eigenvalue weighted by atomic mass is 32.2. The molecule has 1 aliphatic heterocycles. The van der Waals surface area contributed by atoms with E-state index in [1.807, 2.05) is 20.8 Å². The van der Waals surface area contributed by atoms with Gasteiger partial charge in [-0.25, -0.2) is 4.79 Å². The number of nitrogens with zero attached hydrogens (tertiary/aromatic N) is 1. The van der Waals surface area contributed by atoms with E-state index in [9.17, 15) is 28.8 Å². The number of piperidine rings is 1. The second-order valence-electron chi connectivity index (χ2n) is 15.4. The number of nitrogens with two attached hydrogens (primary N) is 1. The van der Waals surface area contributed by atoms with Crippen LogP contribution in [0.5, 0.6) is 0 Å². The third-order valence-corrected chi connectivity index (χ3v) is 11.7. The van der Waals surface area contributed by atoms with Crippen molar-refractivity contribution in [1.29, 1.82) is 0 Å². The molecule has 6 atom stereocenters. The summed E-state index contributed by atoms with van der Waals surface area (Å²) in [6, 6.07) is -2.94. The predicted molar refractivity (Wildman–Crippen MR) is 166 cm³/mol. The van der Waals surface area contributed by atoms with Crippen molar-refractivity contribution in [3.63, 3.8) is 0 Å². The molecule has 5 N–H and O–H groups in total. The van der Waals surface area contributed by atoms with Crippen LogP contribution in [0.3, 0.4) is 0 Å². The summed E-state index contributed by atoms with van der Waals surface area (Å²) in [6.45, 7) is 10.0. The first-order valence-electron chi connectivity index (χ1n) is 16.3. The lowest BCUT2D eigenvalue weighted by Crippen LogP contribution is -2.62. The van der Waals surface area contributed by atoms with Crippen LogP contribution in [-0.2, 0) is 24.0 Å². The Balaban J connectivity index is 1.30. The summed E-state index contributed by atoms with van der Waals surface area (Å²) in [5.41, 5.74) is 4.44. The lowest BCUT2D eigenvalue weighted by Gasteiger charge is -2.38. The Kier molecular flexibility index (Phi) is 9.14. The van der Waals surface area contributed by atoms with E-state index in [0.29, 0.717) is 18.2 Å². The SMILES string of the molecule is CC(C)(C)[C@H](NC(=O)N[C@H](C(=O)C1CC1)C1CCC1)C(=O)N1C[C@H]2[C@@H](C1C(=O)NC(SCCC1CC1)C(=O)C(N)=O)C2(C)C.